The van der Waals surface area contributed by atoms with E-state index in [0.717, 1.165) is 37.8 Å². The zero-order valence-corrected chi connectivity index (χ0v) is 13.6. The molecular formula is C19H27NO2. The quantitative estimate of drug-likeness (QED) is 0.676. The van der Waals surface area contributed by atoms with E-state index in [1.54, 1.807) is 0 Å². The number of aliphatic hydroxyl groups is 1. The van der Waals surface area contributed by atoms with Crippen LogP contribution in [0.3, 0.4) is 0 Å². The third-order valence-corrected chi connectivity index (χ3v) is 7.60. The smallest absolute Gasteiger partial charge is 0.162 e. The topological polar surface area (TPSA) is 63.3 Å². The Bertz CT molecular complexity index is 592. The van der Waals surface area contributed by atoms with Crippen LogP contribution in [0.1, 0.15) is 52.4 Å². The maximum atomic E-state index is 12.1. The highest BCUT2D eigenvalue weighted by Crippen LogP contribution is 2.63. The minimum atomic E-state index is -0.737. The number of hydrogen-bond donors (Lipinski definition) is 2. The highest BCUT2D eigenvalue weighted by atomic mass is 16.3. The summed E-state index contributed by atoms with van der Waals surface area (Å²) in [5.41, 5.74) is 8.60. The minimum absolute atomic E-state index is 0.0702. The van der Waals surface area contributed by atoms with Gasteiger partial charge in [-0.25, -0.2) is 0 Å². The van der Waals surface area contributed by atoms with Crippen molar-refractivity contribution < 1.29 is 9.90 Å². The Labute approximate surface area is 132 Å². The molecule has 0 heterocycles. The van der Waals surface area contributed by atoms with Crippen molar-refractivity contribution in [2.75, 3.05) is 0 Å². The molecule has 0 bridgehead atoms. The predicted octanol–water partition coefficient (Wildman–Crippen LogP) is 2.94. The molecule has 0 radical (unpaired) electrons. The molecule has 0 spiro atoms. The highest BCUT2D eigenvalue weighted by Gasteiger charge is 2.60. The monoisotopic (exact) mass is 301 g/mol. The molecule has 2 fully saturated rings. The lowest BCUT2D eigenvalue weighted by atomic mass is 9.48. The van der Waals surface area contributed by atoms with E-state index >= 15 is 0 Å². The Kier molecular flexibility index (Phi) is 2.95. The summed E-state index contributed by atoms with van der Waals surface area (Å²) in [6, 6.07) is 0. The molecule has 0 unspecified atom stereocenters. The zero-order chi connectivity index (χ0) is 15.7. The van der Waals surface area contributed by atoms with Gasteiger partial charge in [-0.15, -0.1) is 0 Å². The molecular weight excluding hydrogens is 274 g/mol. The fourth-order valence-corrected chi connectivity index (χ4v) is 6.12. The Hall–Kier alpha value is -1.09. The Morgan fingerprint density at radius 3 is 2.82 bits per heavy atom. The molecule has 0 aromatic carbocycles. The number of carbonyl (C=O) groups is 1. The van der Waals surface area contributed by atoms with E-state index in [0.29, 0.717) is 24.2 Å². The van der Waals surface area contributed by atoms with E-state index in [4.69, 9.17) is 5.73 Å². The van der Waals surface area contributed by atoms with Crippen molar-refractivity contribution in [2.45, 2.75) is 58.5 Å². The summed E-state index contributed by atoms with van der Waals surface area (Å²) < 4.78 is 0. The third-order valence-electron chi connectivity index (χ3n) is 7.60. The summed E-state index contributed by atoms with van der Waals surface area (Å²) in [4.78, 5) is 12.1. The maximum absolute atomic E-state index is 12.1. The molecule has 0 saturated heterocycles. The summed E-state index contributed by atoms with van der Waals surface area (Å²) in [7, 11) is 0. The fraction of sp³-hybridized carbons (Fsp3) is 0.737. The number of Topliss-reactive ketones (excluding diaryl/α,β-unsaturated/α-hetero) is 1. The van der Waals surface area contributed by atoms with Crippen LogP contribution in [-0.4, -0.2) is 17.0 Å². The maximum Gasteiger partial charge on any atom is 0.162 e. The first-order chi connectivity index (χ1) is 10.4. The SMILES string of the molecule is C[C@]12CC[C@H]3[C@@H](CC=C4CC(N)=CC[C@@]43C)[C@@H]1CC(=O)[C@@H]2O. The average Bonchev–Trinajstić information content (AvgIpc) is 2.72. The molecule has 3 nitrogen and oxygen atoms in total. The number of carbonyl (C=O) groups excluding carboxylic acids is 1. The Balaban J connectivity index is 1.71. The fourth-order valence-electron chi connectivity index (χ4n) is 6.12. The number of allylic oxidation sites excluding steroid dienone is 3. The van der Waals surface area contributed by atoms with Crippen molar-refractivity contribution in [3.63, 3.8) is 0 Å². The van der Waals surface area contributed by atoms with Gasteiger partial charge in [0, 0.05) is 24.0 Å². The first-order valence-corrected chi connectivity index (χ1v) is 8.71. The van der Waals surface area contributed by atoms with Crippen LogP contribution in [0.25, 0.3) is 0 Å². The van der Waals surface area contributed by atoms with Gasteiger partial charge in [-0.2, -0.15) is 0 Å². The molecule has 0 aliphatic heterocycles. The Morgan fingerprint density at radius 2 is 2.05 bits per heavy atom. The number of hydrogen-bond acceptors (Lipinski definition) is 3. The first-order valence-electron chi connectivity index (χ1n) is 8.71. The number of nitrogens with two attached hydrogens (primary N) is 1. The summed E-state index contributed by atoms with van der Waals surface area (Å²) in [6.45, 7) is 4.54. The van der Waals surface area contributed by atoms with Crippen molar-refractivity contribution in [3.8, 4) is 0 Å². The molecule has 4 rings (SSSR count). The summed E-state index contributed by atoms with van der Waals surface area (Å²) in [5, 5.41) is 10.4. The third kappa shape index (κ3) is 1.69. The van der Waals surface area contributed by atoms with Crippen LogP contribution >= 0.6 is 0 Å². The standard InChI is InChI=1S/C19H27NO2/c1-18-7-5-12(20)9-11(18)3-4-13-14(18)6-8-19(2)15(13)10-16(21)17(19)22/h3,5,13-15,17,22H,4,6-10,20H2,1-2H3/t13-,14+,15+,17+,18+,19+/m1/s1. The molecule has 0 aromatic rings. The summed E-state index contributed by atoms with van der Waals surface area (Å²) in [5.74, 6) is 1.60. The van der Waals surface area contributed by atoms with Gasteiger partial charge in [0.1, 0.15) is 6.10 Å². The first kappa shape index (κ1) is 14.5. The van der Waals surface area contributed by atoms with E-state index in [2.05, 4.69) is 26.0 Å². The Morgan fingerprint density at radius 1 is 1.27 bits per heavy atom. The van der Waals surface area contributed by atoms with Crippen LogP contribution in [-0.2, 0) is 4.79 Å². The summed E-state index contributed by atoms with van der Waals surface area (Å²) in [6.07, 6.45) is 9.58. The molecule has 0 aromatic heterocycles. The largest absolute Gasteiger partial charge is 0.402 e. The molecule has 4 aliphatic rings. The normalized spacial score (nSPS) is 50.6. The van der Waals surface area contributed by atoms with Crippen LogP contribution in [0.2, 0.25) is 0 Å². The van der Waals surface area contributed by atoms with Crippen molar-refractivity contribution in [1.29, 1.82) is 0 Å². The van der Waals surface area contributed by atoms with Gasteiger partial charge in [-0.3, -0.25) is 4.79 Å². The van der Waals surface area contributed by atoms with Gasteiger partial charge in [0.05, 0.1) is 0 Å². The lowest BCUT2D eigenvalue weighted by molar-refractivity contribution is -0.128. The molecule has 4 aliphatic carbocycles. The minimum Gasteiger partial charge on any atom is -0.402 e. The van der Waals surface area contributed by atoms with E-state index in [1.807, 2.05) is 0 Å². The average molecular weight is 301 g/mol. The molecule has 22 heavy (non-hydrogen) atoms. The van der Waals surface area contributed by atoms with Gasteiger partial charge in [0.2, 0.25) is 0 Å². The van der Waals surface area contributed by atoms with Gasteiger partial charge in [0.25, 0.3) is 0 Å². The second kappa shape index (κ2) is 4.47. The van der Waals surface area contributed by atoms with Gasteiger partial charge >= 0.3 is 0 Å². The lowest BCUT2D eigenvalue weighted by Crippen LogP contribution is -2.50. The van der Waals surface area contributed by atoms with E-state index < -0.39 is 6.10 Å². The molecule has 120 valence electrons. The number of aliphatic hydroxyl groups excluding tert-OH is 1. The van der Waals surface area contributed by atoms with Gasteiger partial charge in [-0.05, 0) is 48.9 Å². The van der Waals surface area contributed by atoms with Gasteiger partial charge < -0.3 is 10.8 Å². The van der Waals surface area contributed by atoms with Crippen molar-refractivity contribution >= 4 is 5.78 Å². The second-order valence-electron chi connectivity index (χ2n) is 8.54. The van der Waals surface area contributed by atoms with E-state index in [-0.39, 0.29) is 16.6 Å². The van der Waals surface area contributed by atoms with Crippen molar-refractivity contribution in [1.82, 2.24) is 0 Å². The van der Waals surface area contributed by atoms with E-state index in [9.17, 15) is 9.90 Å². The van der Waals surface area contributed by atoms with E-state index in [1.165, 1.54) is 5.57 Å². The molecule has 6 atom stereocenters. The van der Waals surface area contributed by atoms with Crippen molar-refractivity contribution in [2.24, 2.45) is 34.3 Å². The van der Waals surface area contributed by atoms with Gasteiger partial charge in [-0.1, -0.05) is 31.6 Å². The lowest BCUT2D eigenvalue weighted by Gasteiger charge is -2.56. The van der Waals surface area contributed by atoms with Crippen molar-refractivity contribution in [3.05, 3.63) is 23.4 Å². The highest BCUT2D eigenvalue weighted by molar-refractivity contribution is 5.86. The molecule has 0 amide bonds. The zero-order valence-electron chi connectivity index (χ0n) is 13.6. The molecule has 2 saturated carbocycles. The predicted molar refractivity (Wildman–Crippen MR) is 85.8 cm³/mol. The number of fused-ring (bicyclic) bond motifs is 5. The van der Waals surface area contributed by atoms with Crippen LogP contribution < -0.4 is 5.73 Å². The molecule has 3 N–H and O–H groups in total. The molecule has 3 heteroatoms. The summed E-state index contributed by atoms with van der Waals surface area (Å²) >= 11 is 0. The van der Waals surface area contributed by atoms with Crippen LogP contribution in [0.4, 0.5) is 0 Å². The van der Waals surface area contributed by atoms with Crippen LogP contribution in [0.5, 0.6) is 0 Å². The van der Waals surface area contributed by atoms with Crippen LogP contribution in [0.15, 0.2) is 23.4 Å². The second-order valence-corrected chi connectivity index (χ2v) is 8.54. The van der Waals surface area contributed by atoms with Gasteiger partial charge in [0.15, 0.2) is 5.78 Å². The van der Waals surface area contributed by atoms with Crippen LogP contribution in [0, 0.1) is 28.6 Å². The number of rotatable bonds is 0. The number of ketones is 1.